The Morgan fingerprint density at radius 2 is 1.72 bits per heavy atom. The third kappa shape index (κ3) is 6.09. The van der Waals surface area contributed by atoms with Crippen molar-refractivity contribution in [3.63, 3.8) is 0 Å². The molecule has 3 rings (SSSR count). The summed E-state index contributed by atoms with van der Waals surface area (Å²) in [7, 11) is 0. The monoisotopic (exact) mass is 399 g/mol. The van der Waals surface area contributed by atoms with Crippen LogP contribution in [0.2, 0.25) is 0 Å². The van der Waals surface area contributed by atoms with Crippen molar-refractivity contribution in [2.45, 2.75) is 6.92 Å². The first kappa shape index (κ1) is 19.9. The van der Waals surface area contributed by atoms with Gasteiger partial charge in [0.15, 0.2) is 5.82 Å². The molecule has 10 heteroatoms. The molecule has 0 spiro atoms. The van der Waals surface area contributed by atoms with Crippen LogP contribution < -0.4 is 21.3 Å². The Bertz CT molecular complexity index is 965. The number of benzene rings is 1. The number of aromatic nitrogens is 3. The minimum absolute atomic E-state index is 0.103. The highest BCUT2D eigenvalue weighted by atomic mass is 19.1. The number of carbonyl (C=O) groups excluding carboxylic acids is 1. The third-order valence-electron chi connectivity index (χ3n) is 3.73. The zero-order valence-electron chi connectivity index (χ0n) is 15.5. The Kier molecular flexibility index (Phi) is 6.46. The molecular weight excluding hydrogens is 380 g/mol. The molecule has 0 unspecified atom stereocenters. The molecular formula is C19H19F2N7O. The Morgan fingerprint density at radius 3 is 2.41 bits per heavy atom. The zero-order valence-corrected chi connectivity index (χ0v) is 15.5. The first-order valence-corrected chi connectivity index (χ1v) is 8.77. The molecule has 0 bridgehead atoms. The maximum Gasteiger partial charge on any atom is 0.319 e. The maximum atomic E-state index is 13.5. The molecule has 0 radical (unpaired) electrons. The van der Waals surface area contributed by atoms with Gasteiger partial charge in [0.05, 0.1) is 5.69 Å². The lowest BCUT2D eigenvalue weighted by atomic mass is 10.3. The van der Waals surface area contributed by atoms with E-state index in [4.69, 9.17) is 0 Å². The summed E-state index contributed by atoms with van der Waals surface area (Å²) >= 11 is 0. The minimum Gasteiger partial charge on any atom is -0.367 e. The van der Waals surface area contributed by atoms with Crippen molar-refractivity contribution in [2.24, 2.45) is 0 Å². The molecule has 2 aromatic heterocycles. The molecule has 29 heavy (non-hydrogen) atoms. The lowest BCUT2D eigenvalue weighted by Crippen LogP contribution is -2.33. The van der Waals surface area contributed by atoms with Gasteiger partial charge in [0, 0.05) is 25.4 Å². The highest BCUT2D eigenvalue weighted by molar-refractivity contribution is 5.89. The second-order valence-electron chi connectivity index (χ2n) is 6.08. The summed E-state index contributed by atoms with van der Waals surface area (Å²) in [5.41, 5.74) is 0.958. The molecule has 0 fully saturated rings. The van der Waals surface area contributed by atoms with E-state index in [2.05, 4.69) is 36.4 Å². The van der Waals surface area contributed by atoms with Crippen LogP contribution >= 0.6 is 0 Å². The predicted octanol–water partition coefficient (Wildman–Crippen LogP) is 3.44. The lowest BCUT2D eigenvalue weighted by Gasteiger charge is -2.10. The number of anilines is 4. The van der Waals surface area contributed by atoms with Crippen LogP contribution in [0.4, 0.5) is 36.7 Å². The van der Waals surface area contributed by atoms with Gasteiger partial charge in [-0.2, -0.15) is 0 Å². The van der Waals surface area contributed by atoms with E-state index in [0.717, 1.165) is 17.7 Å². The van der Waals surface area contributed by atoms with Crippen LogP contribution in [0.15, 0.2) is 48.7 Å². The lowest BCUT2D eigenvalue weighted by molar-refractivity contribution is 0.252. The van der Waals surface area contributed by atoms with E-state index in [0.29, 0.717) is 30.1 Å². The first-order chi connectivity index (χ1) is 14.0. The topological polar surface area (TPSA) is 104 Å². The molecule has 1 aromatic carbocycles. The normalized spacial score (nSPS) is 10.3. The largest absolute Gasteiger partial charge is 0.367 e. The molecule has 0 saturated heterocycles. The molecule has 0 aliphatic heterocycles. The summed E-state index contributed by atoms with van der Waals surface area (Å²) in [6.45, 7) is 2.58. The Morgan fingerprint density at radius 1 is 0.966 bits per heavy atom. The fraction of sp³-hybridized carbons (Fsp3) is 0.158. The number of rotatable bonds is 7. The van der Waals surface area contributed by atoms with Gasteiger partial charge in [-0.05, 0) is 42.8 Å². The van der Waals surface area contributed by atoms with Gasteiger partial charge < -0.3 is 21.3 Å². The van der Waals surface area contributed by atoms with Crippen molar-refractivity contribution < 1.29 is 13.6 Å². The fourth-order valence-corrected chi connectivity index (χ4v) is 2.29. The van der Waals surface area contributed by atoms with E-state index in [9.17, 15) is 13.6 Å². The summed E-state index contributed by atoms with van der Waals surface area (Å²) in [6.07, 6.45) is 1.75. The fourth-order valence-electron chi connectivity index (χ4n) is 2.29. The number of urea groups is 1. The number of aryl methyl sites for hydroxylation is 1. The number of nitrogens with zero attached hydrogens (tertiary/aromatic N) is 3. The highest BCUT2D eigenvalue weighted by Gasteiger charge is 2.07. The van der Waals surface area contributed by atoms with Crippen LogP contribution in [0, 0.1) is 18.6 Å². The average Bonchev–Trinajstić information content (AvgIpc) is 2.70. The van der Waals surface area contributed by atoms with Crippen LogP contribution in [0.25, 0.3) is 0 Å². The van der Waals surface area contributed by atoms with E-state index in [-0.39, 0.29) is 12.2 Å². The second kappa shape index (κ2) is 9.40. The summed E-state index contributed by atoms with van der Waals surface area (Å²) in [6, 6.07) is 9.57. The maximum absolute atomic E-state index is 13.5. The van der Waals surface area contributed by atoms with Crippen molar-refractivity contribution in [3.8, 4) is 0 Å². The van der Waals surface area contributed by atoms with Gasteiger partial charge in [-0.15, -0.1) is 10.2 Å². The van der Waals surface area contributed by atoms with Crippen molar-refractivity contribution in [1.82, 2.24) is 20.5 Å². The SMILES string of the molecule is Cc1ccc(Nc2ccc(NCCNC(=O)Nc3ccc(F)cc3F)nn2)nc1. The molecule has 150 valence electrons. The third-order valence-corrected chi connectivity index (χ3v) is 3.73. The molecule has 0 atom stereocenters. The van der Waals surface area contributed by atoms with Gasteiger partial charge in [0.25, 0.3) is 0 Å². The Labute approximate surface area is 165 Å². The molecule has 0 aliphatic carbocycles. The van der Waals surface area contributed by atoms with Crippen LogP contribution in [-0.4, -0.2) is 34.3 Å². The molecule has 2 heterocycles. The van der Waals surface area contributed by atoms with Crippen LogP contribution in [0.3, 0.4) is 0 Å². The molecule has 8 nitrogen and oxygen atoms in total. The number of carbonyl (C=O) groups is 1. The molecule has 0 saturated carbocycles. The van der Waals surface area contributed by atoms with Gasteiger partial charge in [0.2, 0.25) is 0 Å². The highest BCUT2D eigenvalue weighted by Crippen LogP contribution is 2.15. The zero-order chi connectivity index (χ0) is 20.6. The summed E-state index contributed by atoms with van der Waals surface area (Å²) in [4.78, 5) is 16.0. The second-order valence-corrected chi connectivity index (χ2v) is 6.08. The smallest absolute Gasteiger partial charge is 0.319 e. The van der Waals surface area contributed by atoms with Gasteiger partial charge in [-0.3, -0.25) is 0 Å². The van der Waals surface area contributed by atoms with Crippen LogP contribution in [0.1, 0.15) is 5.56 Å². The quantitative estimate of drug-likeness (QED) is 0.454. The van der Waals surface area contributed by atoms with E-state index in [1.807, 2.05) is 19.1 Å². The minimum atomic E-state index is -0.844. The van der Waals surface area contributed by atoms with Crippen molar-refractivity contribution in [3.05, 3.63) is 65.9 Å². The number of nitrogens with one attached hydrogen (secondary N) is 4. The van der Waals surface area contributed by atoms with E-state index in [1.165, 1.54) is 0 Å². The number of halogens is 2. The number of hydrogen-bond donors (Lipinski definition) is 4. The Balaban J connectivity index is 1.40. The van der Waals surface area contributed by atoms with Crippen molar-refractivity contribution in [1.29, 1.82) is 0 Å². The molecule has 2 amide bonds. The Hall–Kier alpha value is -3.82. The first-order valence-electron chi connectivity index (χ1n) is 8.77. The average molecular weight is 399 g/mol. The molecule has 0 aliphatic rings. The van der Waals surface area contributed by atoms with Crippen LogP contribution in [0.5, 0.6) is 0 Å². The van der Waals surface area contributed by atoms with Crippen molar-refractivity contribution in [2.75, 3.05) is 29.0 Å². The number of amides is 2. The summed E-state index contributed by atoms with van der Waals surface area (Å²) in [5.74, 6) is 0.182. The number of hydrogen-bond acceptors (Lipinski definition) is 6. The van der Waals surface area contributed by atoms with Crippen molar-refractivity contribution >= 4 is 29.2 Å². The van der Waals surface area contributed by atoms with Gasteiger partial charge >= 0.3 is 6.03 Å². The molecule has 4 N–H and O–H groups in total. The predicted molar refractivity (Wildman–Crippen MR) is 106 cm³/mol. The van der Waals surface area contributed by atoms with Crippen LogP contribution in [-0.2, 0) is 0 Å². The van der Waals surface area contributed by atoms with Gasteiger partial charge in [-0.1, -0.05) is 6.07 Å². The standard InChI is InChI=1S/C19H19F2N7O/c1-12-2-5-16(24-11-12)26-18-7-6-17(27-28-18)22-8-9-23-19(29)25-15-4-3-13(20)10-14(15)21/h2-7,10-11H,8-9H2,1H3,(H,22,27)(H2,23,25,29)(H,24,26,28). The number of pyridine rings is 1. The molecule has 3 aromatic rings. The summed E-state index contributed by atoms with van der Waals surface area (Å²) < 4.78 is 26.3. The summed E-state index contributed by atoms with van der Waals surface area (Å²) in [5, 5.41) is 19.0. The van der Waals surface area contributed by atoms with E-state index in [1.54, 1.807) is 18.3 Å². The van der Waals surface area contributed by atoms with E-state index < -0.39 is 17.7 Å². The van der Waals surface area contributed by atoms with E-state index >= 15 is 0 Å². The van der Waals surface area contributed by atoms with Gasteiger partial charge in [0.1, 0.15) is 23.3 Å². The van der Waals surface area contributed by atoms with Gasteiger partial charge in [-0.25, -0.2) is 18.6 Å².